The summed E-state index contributed by atoms with van der Waals surface area (Å²) >= 11 is 0. The number of piperidine rings is 1. The zero-order valence-electron chi connectivity index (χ0n) is 16.5. The molecule has 5 aliphatic rings. The summed E-state index contributed by atoms with van der Waals surface area (Å²) < 4.78 is 5.97. The molecule has 0 aromatic carbocycles. The highest BCUT2D eigenvalue weighted by atomic mass is 16.5. The lowest BCUT2D eigenvalue weighted by Gasteiger charge is -2.57. The Kier molecular flexibility index (Phi) is 5.46. The molecule has 0 aromatic heterocycles. The molecule has 1 heterocycles. The molecule has 5 fully saturated rings. The molecule has 144 valence electrons. The van der Waals surface area contributed by atoms with Crippen LogP contribution < -0.4 is 0 Å². The van der Waals surface area contributed by atoms with E-state index in [0.717, 1.165) is 30.9 Å². The van der Waals surface area contributed by atoms with Crippen LogP contribution in [0.1, 0.15) is 78.1 Å². The van der Waals surface area contributed by atoms with Gasteiger partial charge in [0.05, 0.1) is 12.7 Å². The first kappa shape index (κ1) is 18.3. The van der Waals surface area contributed by atoms with Crippen LogP contribution in [0.2, 0.25) is 0 Å². The number of aliphatic hydroxyl groups is 1. The maximum absolute atomic E-state index is 10.4. The molecule has 0 spiro atoms. The van der Waals surface area contributed by atoms with E-state index in [1.165, 1.54) is 64.2 Å². The summed E-state index contributed by atoms with van der Waals surface area (Å²) in [5.74, 6) is 3.08. The Morgan fingerprint density at radius 2 is 1.56 bits per heavy atom. The fourth-order valence-corrected chi connectivity index (χ4v) is 7.23. The third-order valence-electron chi connectivity index (χ3n) is 8.05. The Morgan fingerprint density at radius 1 is 1.00 bits per heavy atom. The van der Waals surface area contributed by atoms with Crippen LogP contribution in [-0.2, 0) is 4.74 Å². The van der Waals surface area contributed by atoms with Gasteiger partial charge in [0, 0.05) is 25.2 Å². The molecule has 1 saturated heterocycles. The van der Waals surface area contributed by atoms with Crippen molar-refractivity contribution in [1.29, 1.82) is 0 Å². The van der Waals surface area contributed by atoms with Crippen LogP contribution in [-0.4, -0.2) is 48.0 Å². The molecular formula is C22H39NO2. The van der Waals surface area contributed by atoms with Crippen LogP contribution in [0.4, 0.5) is 0 Å². The second-order valence-corrected chi connectivity index (χ2v) is 10.2. The minimum Gasteiger partial charge on any atom is -0.389 e. The summed E-state index contributed by atoms with van der Waals surface area (Å²) in [6, 6.07) is 1.20. The molecule has 0 aromatic rings. The number of rotatable bonds is 7. The highest BCUT2D eigenvalue weighted by molar-refractivity contribution is 5.01. The maximum atomic E-state index is 10.4. The van der Waals surface area contributed by atoms with Gasteiger partial charge in [0.15, 0.2) is 0 Å². The summed E-state index contributed by atoms with van der Waals surface area (Å²) in [6.07, 6.45) is 13.7. The summed E-state index contributed by atoms with van der Waals surface area (Å²) in [4.78, 5) is 2.48. The van der Waals surface area contributed by atoms with E-state index >= 15 is 0 Å². The number of hydrogen-bond acceptors (Lipinski definition) is 3. The average Bonchev–Trinajstić information content (AvgIpc) is 2.54. The predicted molar refractivity (Wildman–Crippen MR) is 102 cm³/mol. The molecule has 1 N–H and O–H groups in total. The first-order valence-corrected chi connectivity index (χ1v) is 11.0. The monoisotopic (exact) mass is 349 g/mol. The Hall–Kier alpha value is -0.120. The second kappa shape index (κ2) is 7.48. The first-order valence-electron chi connectivity index (χ1n) is 11.0. The number of likely N-dealkylation sites (tertiary alicyclic amines) is 1. The van der Waals surface area contributed by atoms with Crippen molar-refractivity contribution < 1.29 is 9.84 Å². The van der Waals surface area contributed by atoms with E-state index in [9.17, 15) is 5.11 Å². The van der Waals surface area contributed by atoms with Gasteiger partial charge in [-0.1, -0.05) is 6.42 Å². The van der Waals surface area contributed by atoms with E-state index in [0.29, 0.717) is 24.1 Å². The van der Waals surface area contributed by atoms with Gasteiger partial charge in [-0.2, -0.15) is 0 Å². The standard InChI is InChI=1S/C22H39NO2/c1-16-4-3-5-17(2)23(16)14-21(24)15-25-7-6-22-11-18-8-19(12-22)10-20(9-18)13-22/h16-21,24H,3-15H2,1-2H3/t16-,17+,18?,19?,20?,21-,22?/m1/s1. The SMILES string of the molecule is C[C@@H]1CCC[C@H](C)N1C[C@@H](O)COCCC12CC3CC(CC(C3)C1)C2. The molecule has 3 heteroatoms. The molecule has 3 atom stereocenters. The highest BCUT2D eigenvalue weighted by Gasteiger charge is 2.50. The number of hydrogen-bond donors (Lipinski definition) is 1. The smallest absolute Gasteiger partial charge is 0.0900 e. The summed E-state index contributed by atoms with van der Waals surface area (Å²) in [6.45, 7) is 6.75. The van der Waals surface area contributed by atoms with Gasteiger partial charge < -0.3 is 9.84 Å². The van der Waals surface area contributed by atoms with Crippen LogP contribution in [0.25, 0.3) is 0 Å². The van der Waals surface area contributed by atoms with E-state index in [-0.39, 0.29) is 6.10 Å². The largest absolute Gasteiger partial charge is 0.389 e. The Balaban J connectivity index is 1.18. The normalized spacial score (nSPS) is 45.0. The van der Waals surface area contributed by atoms with Gasteiger partial charge in [0.25, 0.3) is 0 Å². The van der Waals surface area contributed by atoms with Crippen LogP contribution in [0.3, 0.4) is 0 Å². The van der Waals surface area contributed by atoms with Crippen molar-refractivity contribution in [2.24, 2.45) is 23.2 Å². The molecule has 5 rings (SSSR count). The third-order valence-corrected chi connectivity index (χ3v) is 8.05. The Morgan fingerprint density at radius 3 is 2.12 bits per heavy atom. The molecule has 4 aliphatic carbocycles. The molecule has 0 radical (unpaired) electrons. The van der Waals surface area contributed by atoms with Crippen molar-refractivity contribution in [3.05, 3.63) is 0 Å². The van der Waals surface area contributed by atoms with Crippen molar-refractivity contribution in [2.45, 2.75) is 96.2 Å². The number of ether oxygens (including phenoxy) is 1. The maximum Gasteiger partial charge on any atom is 0.0900 e. The van der Waals surface area contributed by atoms with Crippen LogP contribution in [0, 0.1) is 23.2 Å². The summed E-state index contributed by atoms with van der Waals surface area (Å²) in [7, 11) is 0. The topological polar surface area (TPSA) is 32.7 Å². The van der Waals surface area contributed by atoms with E-state index in [4.69, 9.17) is 4.74 Å². The van der Waals surface area contributed by atoms with Crippen LogP contribution in [0.5, 0.6) is 0 Å². The van der Waals surface area contributed by atoms with Gasteiger partial charge in [-0.3, -0.25) is 4.90 Å². The van der Waals surface area contributed by atoms with Gasteiger partial charge >= 0.3 is 0 Å². The summed E-state index contributed by atoms with van der Waals surface area (Å²) in [5.41, 5.74) is 0.607. The Bertz CT molecular complexity index is 406. The molecule has 4 saturated carbocycles. The quantitative estimate of drug-likeness (QED) is 0.698. The van der Waals surface area contributed by atoms with E-state index < -0.39 is 0 Å². The molecule has 0 unspecified atom stereocenters. The number of nitrogens with zero attached hydrogens (tertiary/aromatic N) is 1. The van der Waals surface area contributed by atoms with Crippen molar-refractivity contribution in [3.8, 4) is 0 Å². The zero-order chi connectivity index (χ0) is 17.4. The number of aliphatic hydroxyl groups excluding tert-OH is 1. The lowest BCUT2D eigenvalue weighted by Crippen LogP contribution is -2.48. The van der Waals surface area contributed by atoms with Gasteiger partial charge in [-0.15, -0.1) is 0 Å². The van der Waals surface area contributed by atoms with Gasteiger partial charge in [0.2, 0.25) is 0 Å². The lowest BCUT2D eigenvalue weighted by atomic mass is 9.49. The zero-order valence-corrected chi connectivity index (χ0v) is 16.5. The second-order valence-electron chi connectivity index (χ2n) is 10.2. The van der Waals surface area contributed by atoms with Crippen molar-refractivity contribution in [1.82, 2.24) is 4.90 Å². The fourth-order valence-electron chi connectivity index (χ4n) is 7.23. The van der Waals surface area contributed by atoms with Crippen molar-refractivity contribution in [2.75, 3.05) is 19.8 Å². The minimum absolute atomic E-state index is 0.334. The van der Waals surface area contributed by atoms with Crippen molar-refractivity contribution in [3.63, 3.8) is 0 Å². The average molecular weight is 350 g/mol. The lowest BCUT2D eigenvalue weighted by molar-refractivity contribution is -0.0754. The van der Waals surface area contributed by atoms with Gasteiger partial charge in [-0.25, -0.2) is 0 Å². The molecule has 0 amide bonds. The van der Waals surface area contributed by atoms with E-state index in [1.54, 1.807) is 0 Å². The molecular weight excluding hydrogens is 310 g/mol. The molecule has 1 aliphatic heterocycles. The Labute approximate surface area is 154 Å². The van der Waals surface area contributed by atoms with Gasteiger partial charge in [-0.05, 0) is 94.8 Å². The molecule has 4 bridgehead atoms. The molecule has 25 heavy (non-hydrogen) atoms. The number of β-amino-alcohol motifs (C(OH)–C–C–N with tert-alkyl or cyclic N) is 1. The summed E-state index contributed by atoms with van der Waals surface area (Å²) in [5, 5.41) is 10.4. The minimum atomic E-state index is -0.334. The first-order chi connectivity index (χ1) is 12.0. The predicted octanol–water partition coefficient (Wildman–Crippen LogP) is 4.23. The van der Waals surface area contributed by atoms with Crippen LogP contribution >= 0.6 is 0 Å². The van der Waals surface area contributed by atoms with Gasteiger partial charge in [0.1, 0.15) is 0 Å². The van der Waals surface area contributed by atoms with Crippen LogP contribution in [0.15, 0.2) is 0 Å². The van der Waals surface area contributed by atoms with Crippen molar-refractivity contribution >= 4 is 0 Å². The fraction of sp³-hybridized carbons (Fsp3) is 1.00. The van der Waals surface area contributed by atoms with E-state index in [1.807, 2.05) is 0 Å². The van der Waals surface area contributed by atoms with E-state index in [2.05, 4.69) is 18.7 Å². The molecule has 3 nitrogen and oxygen atoms in total. The third kappa shape index (κ3) is 4.09. The highest BCUT2D eigenvalue weighted by Crippen LogP contribution is 2.61.